The topological polar surface area (TPSA) is 52.6 Å². The maximum absolute atomic E-state index is 11.8. The zero-order valence-electron chi connectivity index (χ0n) is 12.7. The number of carbonyl (C=O) groups is 2. The number of para-hydroxylation sites is 2. The van der Waals surface area contributed by atoms with E-state index in [9.17, 15) is 9.59 Å². The molecular weight excluding hydrogens is 410 g/mol. The Balaban J connectivity index is 1.82. The van der Waals surface area contributed by atoms with Gasteiger partial charge in [-0.05, 0) is 30.7 Å². The number of hydrogen-bond acceptors (Lipinski definition) is 4. The second kappa shape index (κ2) is 9.30. The van der Waals surface area contributed by atoms with Crippen molar-refractivity contribution in [2.45, 2.75) is 19.3 Å². The molecule has 2 rings (SSSR count). The van der Waals surface area contributed by atoms with Crippen molar-refractivity contribution in [3.05, 3.63) is 56.5 Å². The summed E-state index contributed by atoms with van der Waals surface area (Å²) >= 11 is 23.7. The largest absolute Gasteiger partial charge is 0.423 e. The Labute approximate surface area is 164 Å². The highest BCUT2D eigenvalue weighted by molar-refractivity contribution is 6.37. The number of carbonyl (C=O) groups excluding carboxylic acids is 2. The first kappa shape index (κ1) is 19.9. The molecule has 2 aromatic carbocycles. The molecule has 0 saturated heterocycles. The van der Waals surface area contributed by atoms with Crippen molar-refractivity contribution in [3.8, 4) is 11.5 Å². The number of esters is 2. The van der Waals surface area contributed by atoms with Gasteiger partial charge in [-0.25, -0.2) is 0 Å². The summed E-state index contributed by atoms with van der Waals surface area (Å²) in [6, 6.07) is 9.50. The highest BCUT2D eigenvalue weighted by atomic mass is 35.5. The molecule has 4 nitrogen and oxygen atoms in total. The van der Waals surface area contributed by atoms with Gasteiger partial charge < -0.3 is 9.47 Å². The normalized spacial score (nSPS) is 10.4. The van der Waals surface area contributed by atoms with E-state index in [1.54, 1.807) is 36.4 Å². The number of rotatable bonds is 6. The van der Waals surface area contributed by atoms with Crippen LogP contribution in [0.4, 0.5) is 0 Å². The van der Waals surface area contributed by atoms with Crippen LogP contribution in [0.15, 0.2) is 36.4 Å². The predicted octanol–water partition coefficient (Wildman–Crippen LogP) is 5.98. The van der Waals surface area contributed by atoms with E-state index in [2.05, 4.69) is 0 Å². The van der Waals surface area contributed by atoms with Crippen LogP contribution in [0.3, 0.4) is 0 Å². The van der Waals surface area contributed by atoms with E-state index in [1.165, 1.54) is 0 Å². The third-order valence-electron chi connectivity index (χ3n) is 3.03. The molecule has 0 aliphatic heterocycles. The van der Waals surface area contributed by atoms with E-state index in [0.29, 0.717) is 0 Å². The first-order chi connectivity index (χ1) is 11.9. The molecule has 0 bridgehead atoms. The second-order valence-electron chi connectivity index (χ2n) is 4.90. The minimum absolute atomic E-state index is 0.00704. The van der Waals surface area contributed by atoms with Gasteiger partial charge in [-0.2, -0.15) is 0 Å². The summed E-state index contributed by atoms with van der Waals surface area (Å²) in [6.45, 7) is 0. The van der Waals surface area contributed by atoms with Gasteiger partial charge in [0.25, 0.3) is 0 Å². The molecule has 0 aliphatic rings. The smallest absolute Gasteiger partial charge is 0.311 e. The molecule has 0 aromatic heterocycles. The lowest BCUT2D eigenvalue weighted by molar-refractivity contribution is -0.136. The molecule has 0 radical (unpaired) electrons. The van der Waals surface area contributed by atoms with Gasteiger partial charge in [-0.1, -0.05) is 58.5 Å². The van der Waals surface area contributed by atoms with E-state index in [-0.39, 0.29) is 50.9 Å². The van der Waals surface area contributed by atoms with E-state index in [0.717, 1.165) is 0 Å². The Morgan fingerprint density at radius 3 is 1.32 bits per heavy atom. The summed E-state index contributed by atoms with van der Waals surface area (Å²) < 4.78 is 10.2. The molecule has 0 saturated carbocycles. The van der Waals surface area contributed by atoms with E-state index in [4.69, 9.17) is 55.9 Å². The molecule has 25 heavy (non-hydrogen) atoms. The quantitative estimate of drug-likeness (QED) is 0.425. The van der Waals surface area contributed by atoms with Gasteiger partial charge in [0.15, 0.2) is 11.5 Å². The summed E-state index contributed by atoms with van der Waals surface area (Å²) in [4.78, 5) is 23.7. The zero-order chi connectivity index (χ0) is 18.4. The maximum atomic E-state index is 11.8. The average molecular weight is 422 g/mol. The number of ether oxygens (including phenoxy) is 2. The van der Waals surface area contributed by atoms with Gasteiger partial charge in [0.1, 0.15) is 0 Å². The van der Waals surface area contributed by atoms with Crippen molar-refractivity contribution in [1.29, 1.82) is 0 Å². The highest BCUT2D eigenvalue weighted by Gasteiger charge is 2.15. The van der Waals surface area contributed by atoms with Crippen LogP contribution in [0, 0.1) is 0 Å². The van der Waals surface area contributed by atoms with Crippen molar-refractivity contribution in [2.24, 2.45) is 0 Å². The molecule has 0 spiro atoms. The number of benzene rings is 2. The second-order valence-corrected chi connectivity index (χ2v) is 6.53. The molecule has 0 amide bonds. The van der Waals surface area contributed by atoms with Crippen molar-refractivity contribution in [2.75, 3.05) is 0 Å². The summed E-state index contributed by atoms with van der Waals surface area (Å²) in [5.41, 5.74) is 0. The Hall–Kier alpha value is -1.46. The summed E-state index contributed by atoms with van der Waals surface area (Å²) in [7, 11) is 0. The average Bonchev–Trinajstić information content (AvgIpc) is 2.55. The van der Waals surface area contributed by atoms with Crippen LogP contribution in [0.5, 0.6) is 11.5 Å². The van der Waals surface area contributed by atoms with Gasteiger partial charge in [-0.15, -0.1) is 0 Å². The predicted molar refractivity (Wildman–Crippen MR) is 98.0 cm³/mol. The van der Waals surface area contributed by atoms with Crippen LogP contribution in [-0.4, -0.2) is 11.9 Å². The minimum Gasteiger partial charge on any atom is -0.423 e. The van der Waals surface area contributed by atoms with Crippen LogP contribution in [0.2, 0.25) is 20.1 Å². The molecule has 2 aromatic rings. The minimum atomic E-state index is -0.557. The highest BCUT2D eigenvalue weighted by Crippen LogP contribution is 2.33. The Morgan fingerprint density at radius 2 is 1.00 bits per heavy atom. The van der Waals surface area contributed by atoms with E-state index >= 15 is 0 Å². The maximum Gasteiger partial charge on any atom is 0.311 e. The lowest BCUT2D eigenvalue weighted by Crippen LogP contribution is -2.12. The van der Waals surface area contributed by atoms with Crippen LogP contribution in [0.25, 0.3) is 0 Å². The lowest BCUT2D eigenvalue weighted by Gasteiger charge is -2.09. The van der Waals surface area contributed by atoms with Crippen LogP contribution in [0.1, 0.15) is 19.3 Å². The van der Waals surface area contributed by atoms with Crippen molar-refractivity contribution in [3.63, 3.8) is 0 Å². The van der Waals surface area contributed by atoms with Gasteiger partial charge >= 0.3 is 11.9 Å². The SMILES string of the molecule is O=C(CCCC(=O)Oc1c(Cl)cccc1Cl)Oc1c(Cl)cccc1Cl. The van der Waals surface area contributed by atoms with Gasteiger partial charge in [0, 0.05) is 12.8 Å². The van der Waals surface area contributed by atoms with Crippen LogP contribution in [-0.2, 0) is 9.59 Å². The molecule has 132 valence electrons. The third kappa shape index (κ3) is 5.79. The first-order valence-electron chi connectivity index (χ1n) is 7.18. The third-order valence-corrected chi connectivity index (χ3v) is 4.22. The summed E-state index contributed by atoms with van der Waals surface area (Å²) in [6.07, 6.45) is 0.210. The van der Waals surface area contributed by atoms with Crippen LogP contribution >= 0.6 is 46.4 Å². The monoisotopic (exact) mass is 420 g/mol. The van der Waals surface area contributed by atoms with Gasteiger partial charge in [0.05, 0.1) is 20.1 Å². The molecular formula is C17H12Cl4O4. The Bertz CT molecular complexity index is 686. The Kier molecular flexibility index (Phi) is 7.38. The van der Waals surface area contributed by atoms with Gasteiger partial charge in [-0.3, -0.25) is 9.59 Å². The fraction of sp³-hybridized carbons (Fsp3) is 0.176. The van der Waals surface area contributed by atoms with Gasteiger partial charge in [0.2, 0.25) is 0 Å². The summed E-state index contributed by atoms with van der Waals surface area (Å²) in [5, 5.41) is 0.921. The molecule has 8 heteroatoms. The summed E-state index contributed by atoms with van der Waals surface area (Å²) in [5.74, 6) is -0.917. The molecule has 0 N–H and O–H groups in total. The molecule has 0 fully saturated rings. The molecule has 0 aliphatic carbocycles. The van der Waals surface area contributed by atoms with Crippen molar-refractivity contribution < 1.29 is 19.1 Å². The standard InChI is InChI=1S/C17H12Cl4O4/c18-10-4-1-5-11(19)16(10)24-14(22)8-3-9-15(23)25-17-12(20)6-2-7-13(17)21/h1-2,4-7H,3,8-9H2. The van der Waals surface area contributed by atoms with E-state index < -0.39 is 11.9 Å². The number of hydrogen-bond donors (Lipinski definition) is 0. The van der Waals surface area contributed by atoms with Crippen molar-refractivity contribution in [1.82, 2.24) is 0 Å². The lowest BCUT2D eigenvalue weighted by atomic mass is 10.2. The van der Waals surface area contributed by atoms with E-state index in [1.807, 2.05) is 0 Å². The fourth-order valence-electron chi connectivity index (χ4n) is 1.87. The Morgan fingerprint density at radius 1 is 0.680 bits per heavy atom. The molecule has 0 heterocycles. The van der Waals surface area contributed by atoms with Crippen molar-refractivity contribution >= 4 is 58.3 Å². The molecule has 0 unspecified atom stereocenters. The fourth-order valence-corrected chi connectivity index (χ4v) is 2.82. The molecule has 0 atom stereocenters. The zero-order valence-corrected chi connectivity index (χ0v) is 15.8. The first-order valence-corrected chi connectivity index (χ1v) is 8.69. The number of halogens is 4. The van der Waals surface area contributed by atoms with Crippen LogP contribution < -0.4 is 9.47 Å².